The van der Waals surface area contributed by atoms with E-state index in [1.165, 1.54) is 12.1 Å². The van der Waals surface area contributed by atoms with E-state index in [2.05, 4.69) is 5.32 Å². The predicted octanol–water partition coefficient (Wildman–Crippen LogP) is 5.29. The molecule has 0 aromatic heterocycles. The van der Waals surface area contributed by atoms with Crippen LogP contribution in [0.4, 0.5) is 11.4 Å². The molecule has 0 aliphatic heterocycles. The number of hydrogen-bond donors (Lipinski definition) is 1. The Morgan fingerprint density at radius 2 is 1.69 bits per heavy atom. The number of para-hydroxylation sites is 1. The van der Waals surface area contributed by atoms with Gasteiger partial charge in [0.15, 0.2) is 0 Å². The van der Waals surface area contributed by atoms with Crippen LogP contribution in [0, 0.1) is 10.1 Å². The summed E-state index contributed by atoms with van der Waals surface area (Å²) in [6.45, 7) is 0. The van der Waals surface area contributed by atoms with Crippen molar-refractivity contribution in [1.82, 2.24) is 0 Å². The molecule has 26 heavy (non-hydrogen) atoms. The van der Waals surface area contributed by atoms with E-state index in [0.717, 1.165) is 6.07 Å². The van der Waals surface area contributed by atoms with Gasteiger partial charge in [-0.3, -0.25) is 14.9 Å². The normalized spacial score (nSPS) is 10.2. The van der Waals surface area contributed by atoms with Crippen molar-refractivity contribution in [2.75, 3.05) is 5.32 Å². The monoisotopic (exact) mass is 368 g/mol. The van der Waals surface area contributed by atoms with E-state index in [-0.39, 0.29) is 16.3 Å². The van der Waals surface area contributed by atoms with Crippen molar-refractivity contribution < 1.29 is 14.5 Å². The Balaban J connectivity index is 1.79. The first-order valence-electron chi connectivity index (χ1n) is 7.61. The van der Waals surface area contributed by atoms with Gasteiger partial charge in [0.05, 0.1) is 15.5 Å². The molecule has 1 N–H and O–H groups in total. The lowest BCUT2D eigenvalue weighted by molar-refractivity contribution is -0.384. The quantitative estimate of drug-likeness (QED) is 0.489. The van der Waals surface area contributed by atoms with Gasteiger partial charge in [-0.1, -0.05) is 35.9 Å². The number of benzene rings is 3. The SMILES string of the molecule is O=C(Nc1cccc(Oc2ccccc2)c1)c1cc([N+](=O)[O-])ccc1Cl. The Labute approximate surface area is 154 Å². The number of anilines is 1. The minimum Gasteiger partial charge on any atom is -0.457 e. The number of ether oxygens (including phenoxy) is 1. The second-order valence-corrected chi connectivity index (χ2v) is 5.73. The molecule has 0 unspecified atom stereocenters. The number of non-ortho nitro benzene ring substituents is 1. The van der Waals surface area contributed by atoms with Crippen molar-refractivity contribution in [3.63, 3.8) is 0 Å². The second kappa shape index (κ2) is 7.67. The van der Waals surface area contributed by atoms with Gasteiger partial charge >= 0.3 is 0 Å². The highest BCUT2D eigenvalue weighted by Gasteiger charge is 2.16. The second-order valence-electron chi connectivity index (χ2n) is 5.32. The van der Waals surface area contributed by atoms with Crippen LogP contribution < -0.4 is 10.1 Å². The number of carbonyl (C=O) groups is 1. The number of amides is 1. The fraction of sp³-hybridized carbons (Fsp3) is 0. The summed E-state index contributed by atoms with van der Waals surface area (Å²) in [6.07, 6.45) is 0. The summed E-state index contributed by atoms with van der Waals surface area (Å²) in [6, 6.07) is 19.7. The zero-order chi connectivity index (χ0) is 18.5. The van der Waals surface area contributed by atoms with Gasteiger partial charge in [0.2, 0.25) is 0 Å². The number of nitro benzene ring substituents is 1. The summed E-state index contributed by atoms with van der Waals surface area (Å²) in [5.41, 5.74) is 0.293. The molecule has 0 aliphatic carbocycles. The number of rotatable bonds is 5. The van der Waals surface area contributed by atoms with E-state index < -0.39 is 10.8 Å². The Morgan fingerprint density at radius 1 is 0.962 bits per heavy atom. The maximum Gasteiger partial charge on any atom is 0.270 e. The minimum atomic E-state index is -0.582. The molecule has 3 aromatic rings. The van der Waals surface area contributed by atoms with Gasteiger partial charge in [0.25, 0.3) is 11.6 Å². The molecule has 0 aliphatic rings. The molecule has 0 bridgehead atoms. The van der Waals surface area contributed by atoms with Crippen molar-refractivity contribution in [1.29, 1.82) is 0 Å². The molecule has 0 saturated heterocycles. The van der Waals surface area contributed by atoms with Crippen LogP contribution >= 0.6 is 11.6 Å². The van der Waals surface area contributed by atoms with E-state index in [1.807, 2.05) is 30.3 Å². The van der Waals surface area contributed by atoms with Gasteiger partial charge < -0.3 is 10.1 Å². The molecule has 0 atom stereocenters. The Bertz CT molecular complexity index is 961. The van der Waals surface area contributed by atoms with Crippen molar-refractivity contribution in [2.45, 2.75) is 0 Å². The number of nitro groups is 1. The number of halogens is 1. The van der Waals surface area contributed by atoms with Crippen LogP contribution in [0.1, 0.15) is 10.4 Å². The van der Waals surface area contributed by atoms with Crippen LogP contribution in [0.2, 0.25) is 5.02 Å². The Kier molecular flexibility index (Phi) is 5.15. The van der Waals surface area contributed by atoms with Crippen molar-refractivity contribution >= 4 is 28.9 Å². The third kappa shape index (κ3) is 4.17. The first kappa shape index (κ1) is 17.4. The van der Waals surface area contributed by atoms with Crippen LogP contribution in [0.5, 0.6) is 11.5 Å². The fourth-order valence-corrected chi connectivity index (χ4v) is 2.46. The average Bonchev–Trinajstić information content (AvgIpc) is 2.63. The number of nitrogens with one attached hydrogen (secondary N) is 1. The summed E-state index contributed by atoms with van der Waals surface area (Å²) in [4.78, 5) is 22.7. The van der Waals surface area contributed by atoms with Crippen LogP contribution in [0.3, 0.4) is 0 Å². The van der Waals surface area contributed by atoms with Gasteiger partial charge in [0, 0.05) is 23.9 Å². The van der Waals surface area contributed by atoms with Crippen molar-refractivity contribution in [2.24, 2.45) is 0 Å². The van der Waals surface area contributed by atoms with E-state index >= 15 is 0 Å². The summed E-state index contributed by atoms with van der Waals surface area (Å²) in [5.74, 6) is 0.660. The lowest BCUT2D eigenvalue weighted by atomic mass is 10.2. The molecule has 0 spiro atoms. The first-order chi connectivity index (χ1) is 12.5. The lowest BCUT2D eigenvalue weighted by Gasteiger charge is -2.09. The highest BCUT2D eigenvalue weighted by atomic mass is 35.5. The topological polar surface area (TPSA) is 81.5 Å². The summed E-state index contributed by atoms with van der Waals surface area (Å²) >= 11 is 5.99. The molecular formula is C19H13ClN2O4. The van der Waals surface area contributed by atoms with Gasteiger partial charge in [-0.05, 0) is 30.3 Å². The predicted molar refractivity (Wildman–Crippen MR) is 99.0 cm³/mol. The zero-order valence-electron chi connectivity index (χ0n) is 13.4. The number of hydrogen-bond acceptors (Lipinski definition) is 4. The zero-order valence-corrected chi connectivity index (χ0v) is 14.1. The summed E-state index contributed by atoms with van der Waals surface area (Å²) in [7, 11) is 0. The molecule has 3 aromatic carbocycles. The van der Waals surface area contributed by atoms with Gasteiger partial charge in [-0.25, -0.2) is 0 Å². The van der Waals surface area contributed by atoms with Crippen molar-refractivity contribution in [3.8, 4) is 11.5 Å². The standard InChI is InChI=1S/C19H13ClN2O4/c20-18-10-9-14(22(24)25)12-17(18)19(23)21-13-5-4-8-16(11-13)26-15-6-2-1-3-7-15/h1-12H,(H,21,23). The Hall–Kier alpha value is -3.38. The lowest BCUT2D eigenvalue weighted by Crippen LogP contribution is -2.12. The van der Waals surface area contributed by atoms with E-state index in [4.69, 9.17) is 16.3 Å². The van der Waals surface area contributed by atoms with Crippen LogP contribution in [0.15, 0.2) is 72.8 Å². The van der Waals surface area contributed by atoms with Crippen LogP contribution in [-0.2, 0) is 0 Å². The van der Waals surface area contributed by atoms with Crippen LogP contribution in [0.25, 0.3) is 0 Å². The van der Waals surface area contributed by atoms with E-state index in [9.17, 15) is 14.9 Å². The van der Waals surface area contributed by atoms with Crippen molar-refractivity contribution in [3.05, 3.63) is 93.5 Å². The summed E-state index contributed by atoms with van der Waals surface area (Å²) < 4.78 is 5.71. The molecule has 0 heterocycles. The molecule has 6 nitrogen and oxygen atoms in total. The number of carbonyl (C=O) groups excluding carboxylic acids is 1. The third-order valence-corrected chi connectivity index (χ3v) is 3.81. The van der Waals surface area contributed by atoms with Crippen LogP contribution in [-0.4, -0.2) is 10.8 Å². The maximum atomic E-state index is 12.4. The highest BCUT2D eigenvalue weighted by molar-refractivity contribution is 6.34. The smallest absolute Gasteiger partial charge is 0.270 e. The first-order valence-corrected chi connectivity index (χ1v) is 7.99. The molecule has 7 heteroatoms. The van der Waals surface area contributed by atoms with E-state index in [0.29, 0.717) is 17.2 Å². The summed E-state index contributed by atoms with van der Waals surface area (Å²) in [5, 5.41) is 13.7. The molecule has 3 rings (SSSR count). The highest BCUT2D eigenvalue weighted by Crippen LogP contribution is 2.26. The van der Waals surface area contributed by atoms with Gasteiger partial charge in [-0.15, -0.1) is 0 Å². The molecule has 1 amide bonds. The largest absolute Gasteiger partial charge is 0.457 e. The molecule has 0 fully saturated rings. The minimum absolute atomic E-state index is 0.0234. The maximum absolute atomic E-state index is 12.4. The molecule has 0 saturated carbocycles. The Morgan fingerprint density at radius 3 is 2.42 bits per heavy atom. The van der Waals surface area contributed by atoms with E-state index in [1.54, 1.807) is 24.3 Å². The molecule has 130 valence electrons. The molecular weight excluding hydrogens is 356 g/mol. The molecule has 0 radical (unpaired) electrons. The third-order valence-electron chi connectivity index (χ3n) is 3.48. The number of nitrogens with zero attached hydrogens (tertiary/aromatic N) is 1. The average molecular weight is 369 g/mol. The van der Waals surface area contributed by atoms with Gasteiger partial charge in [0.1, 0.15) is 11.5 Å². The fourth-order valence-electron chi connectivity index (χ4n) is 2.26. The van der Waals surface area contributed by atoms with Gasteiger partial charge in [-0.2, -0.15) is 0 Å².